The maximum Gasteiger partial charge on any atom is 0.547 e. The van der Waals surface area contributed by atoms with E-state index in [0.29, 0.717) is 16.5 Å². The smallest absolute Gasteiger partial charge is 0.534 e. The molecule has 2 aliphatic heterocycles. The molecule has 0 aromatic heterocycles. The minimum atomic E-state index is -1.85. The number of para-hydroxylation sites is 1. The van der Waals surface area contributed by atoms with E-state index in [-0.39, 0.29) is 37.4 Å². The number of nitrogens with one attached hydrogen (secondary N) is 2. The van der Waals surface area contributed by atoms with Gasteiger partial charge in [0.15, 0.2) is 0 Å². The van der Waals surface area contributed by atoms with Gasteiger partial charge in [-0.2, -0.15) is 0 Å². The summed E-state index contributed by atoms with van der Waals surface area (Å²) in [5.74, 6) is -8.73. The van der Waals surface area contributed by atoms with Gasteiger partial charge in [-0.1, -0.05) is 23.7 Å². The van der Waals surface area contributed by atoms with Gasteiger partial charge in [0, 0.05) is 30.2 Å². The molecule has 2 atom stereocenters. The summed E-state index contributed by atoms with van der Waals surface area (Å²) >= 11 is 6.20. The number of piperazine rings is 1. The maximum atomic E-state index is 14.7. The van der Waals surface area contributed by atoms with Crippen molar-refractivity contribution in [1.82, 2.24) is 20.4 Å². The molecule has 2 heterocycles. The number of hydrogen-bond acceptors (Lipinski definition) is 8. The number of carbonyl (C=O) groups excluding carboxylic acids is 4. The number of aromatic carboxylic acids is 2. The summed E-state index contributed by atoms with van der Waals surface area (Å²) < 4.78 is 20.0. The number of halogens is 2. The molecular weight excluding hydrogens is 582 g/mol. The number of amides is 5. The average molecular weight is 605 g/mol. The molecule has 42 heavy (non-hydrogen) atoms. The Hall–Kier alpha value is -4.70. The number of urea groups is 1. The van der Waals surface area contributed by atoms with Crippen molar-refractivity contribution in [2.24, 2.45) is 0 Å². The normalized spacial score (nSPS) is 17.2. The third-order valence-corrected chi connectivity index (χ3v) is 7.10. The molecule has 4 rings (SSSR count). The number of fused-ring (bicyclic) bond motifs is 1. The van der Waals surface area contributed by atoms with E-state index in [1.807, 2.05) is 0 Å². The first-order valence-electron chi connectivity index (χ1n) is 12.5. The Labute approximate surface area is 242 Å². The second-order valence-corrected chi connectivity index (χ2v) is 9.72. The van der Waals surface area contributed by atoms with Crippen LogP contribution >= 0.6 is 11.6 Å². The van der Waals surface area contributed by atoms with E-state index in [1.54, 1.807) is 6.92 Å². The predicted molar refractivity (Wildman–Crippen MR) is 141 cm³/mol. The highest BCUT2D eigenvalue weighted by atomic mass is 35.5. The summed E-state index contributed by atoms with van der Waals surface area (Å²) in [6.45, 7) is 1.68. The lowest BCUT2D eigenvalue weighted by Crippen LogP contribution is -2.60. The average Bonchev–Trinajstić information content (AvgIpc) is 2.94. The molecule has 5 N–H and O–H groups in total. The molecule has 0 bridgehead atoms. The first-order chi connectivity index (χ1) is 19.8. The van der Waals surface area contributed by atoms with Crippen molar-refractivity contribution in [3.63, 3.8) is 0 Å². The second-order valence-electron chi connectivity index (χ2n) is 9.31. The van der Waals surface area contributed by atoms with Crippen LogP contribution in [-0.2, 0) is 20.8 Å². The largest absolute Gasteiger partial charge is 0.547 e. The van der Waals surface area contributed by atoms with Crippen LogP contribution in [0.4, 0.5) is 9.18 Å². The van der Waals surface area contributed by atoms with E-state index in [4.69, 9.17) is 16.3 Å². The minimum absolute atomic E-state index is 0.0252. The Balaban J connectivity index is 1.64. The Morgan fingerprint density at radius 1 is 1.12 bits per heavy atom. The van der Waals surface area contributed by atoms with Crippen LogP contribution in [-0.4, -0.2) is 93.4 Å². The molecule has 2 aromatic rings. The Kier molecular flexibility index (Phi) is 8.68. The summed E-state index contributed by atoms with van der Waals surface area (Å²) in [7, 11) is -1.75. The van der Waals surface area contributed by atoms with Crippen molar-refractivity contribution in [3.8, 4) is 5.75 Å². The zero-order valence-corrected chi connectivity index (χ0v) is 22.6. The number of carbonyl (C=O) groups is 6. The van der Waals surface area contributed by atoms with E-state index < -0.39 is 76.8 Å². The van der Waals surface area contributed by atoms with Crippen LogP contribution in [0.2, 0.25) is 5.02 Å². The number of carboxylic acids is 2. The third kappa shape index (κ3) is 5.85. The fourth-order valence-corrected chi connectivity index (χ4v) is 4.86. The molecular formula is C25H23BClFN4O10. The van der Waals surface area contributed by atoms with E-state index in [1.165, 1.54) is 23.1 Å². The Bertz CT molecular complexity index is 1510. The highest BCUT2D eigenvalue weighted by molar-refractivity contribution is 6.47. The molecule has 1 fully saturated rings. The molecule has 0 radical (unpaired) electrons. The van der Waals surface area contributed by atoms with Crippen LogP contribution < -0.4 is 15.3 Å². The third-order valence-electron chi connectivity index (χ3n) is 6.77. The van der Waals surface area contributed by atoms with Gasteiger partial charge in [0.2, 0.25) is 5.91 Å². The summed E-state index contributed by atoms with van der Waals surface area (Å²) in [5, 5.41) is 33.4. The molecule has 0 aliphatic carbocycles. The molecule has 17 heteroatoms. The van der Waals surface area contributed by atoms with Crippen molar-refractivity contribution in [3.05, 3.63) is 63.4 Å². The number of rotatable bonds is 7. The molecule has 1 saturated heterocycles. The Morgan fingerprint density at radius 2 is 1.81 bits per heavy atom. The van der Waals surface area contributed by atoms with Gasteiger partial charge in [0.1, 0.15) is 17.6 Å². The minimum Gasteiger partial charge on any atom is -0.534 e. The molecule has 1 unspecified atom stereocenters. The van der Waals surface area contributed by atoms with Crippen LogP contribution in [0.5, 0.6) is 5.75 Å². The fraction of sp³-hybridized carbons (Fsp3) is 0.280. The van der Waals surface area contributed by atoms with Gasteiger partial charge in [0.25, 0.3) is 0 Å². The van der Waals surface area contributed by atoms with Crippen LogP contribution in [0.1, 0.15) is 44.8 Å². The molecule has 0 spiro atoms. The lowest BCUT2D eigenvalue weighted by Gasteiger charge is -2.33. The summed E-state index contributed by atoms with van der Waals surface area (Å²) in [5.41, 5.74) is -1.09. The number of benzene rings is 2. The molecule has 0 saturated carbocycles. The van der Waals surface area contributed by atoms with Gasteiger partial charge >= 0.3 is 36.9 Å². The van der Waals surface area contributed by atoms with E-state index in [0.717, 1.165) is 6.07 Å². The standard InChI is InChI=1S/C25H23BClFN4O10/c1-2-31-6-7-32(22(35)21(31)34)25(40)30-18(13-10-16(28)14(24(38)39)9-15(13)27)20(33)29-17-8-11-4-3-5-12(23(36)37)19(11)42-26(17)41/h3-5,9-10,17-18,41H,2,6-8H2,1H3,(H,29,33)(H,30,40)(H,36,37)(H,38,39)/t17-,18?/m0/s1. The van der Waals surface area contributed by atoms with Gasteiger partial charge < -0.3 is 35.4 Å². The van der Waals surface area contributed by atoms with Crippen molar-refractivity contribution in [2.75, 3.05) is 19.6 Å². The van der Waals surface area contributed by atoms with Gasteiger partial charge in [-0.05, 0) is 37.1 Å². The summed E-state index contributed by atoms with van der Waals surface area (Å²) in [4.78, 5) is 76.1. The monoisotopic (exact) mass is 604 g/mol. The molecule has 2 aliphatic rings. The van der Waals surface area contributed by atoms with E-state index >= 15 is 0 Å². The van der Waals surface area contributed by atoms with Crippen molar-refractivity contribution >= 4 is 54.4 Å². The zero-order valence-electron chi connectivity index (χ0n) is 21.8. The number of hydrogen-bond donors (Lipinski definition) is 5. The van der Waals surface area contributed by atoms with Gasteiger partial charge in [-0.15, -0.1) is 0 Å². The van der Waals surface area contributed by atoms with Crippen LogP contribution in [0.3, 0.4) is 0 Å². The van der Waals surface area contributed by atoms with Gasteiger partial charge in [-0.25, -0.2) is 18.8 Å². The second kappa shape index (κ2) is 12.0. The van der Waals surface area contributed by atoms with E-state index in [2.05, 4.69) is 10.6 Å². The first-order valence-corrected chi connectivity index (χ1v) is 12.9. The zero-order chi connectivity index (χ0) is 30.9. The number of imide groups is 1. The summed E-state index contributed by atoms with van der Waals surface area (Å²) in [6, 6.07) is 2.53. The predicted octanol–water partition coefficient (Wildman–Crippen LogP) is 0.457. The molecule has 5 amide bonds. The topological polar surface area (TPSA) is 203 Å². The van der Waals surface area contributed by atoms with Crippen LogP contribution in [0.15, 0.2) is 30.3 Å². The van der Waals surface area contributed by atoms with E-state index in [9.17, 15) is 48.4 Å². The van der Waals surface area contributed by atoms with Crippen molar-refractivity contribution in [1.29, 1.82) is 0 Å². The summed E-state index contributed by atoms with van der Waals surface area (Å²) in [6.07, 6.45) is -0.115. The highest BCUT2D eigenvalue weighted by Gasteiger charge is 2.41. The number of carboxylic acid groups (broad SMARTS) is 2. The number of nitrogens with zero attached hydrogens (tertiary/aromatic N) is 2. The first kappa shape index (κ1) is 30.3. The Morgan fingerprint density at radius 3 is 2.45 bits per heavy atom. The molecule has 14 nitrogen and oxygen atoms in total. The lowest BCUT2D eigenvalue weighted by molar-refractivity contribution is -0.153. The maximum absolute atomic E-state index is 14.7. The van der Waals surface area contributed by atoms with Gasteiger partial charge in [-0.3, -0.25) is 19.3 Å². The molecule has 2 aromatic carbocycles. The quantitative estimate of drug-likeness (QED) is 0.218. The SMILES string of the molecule is CCN1CCN(C(=O)NC(C(=O)N[C@H]2Cc3cccc(C(=O)O)c3OB2O)c2cc(F)c(C(=O)O)cc2Cl)C(=O)C1=O. The van der Waals surface area contributed by atoms with Crippen LogP contribution in [0.25, 0.3) is 0 Å². The van der Waals surface area contributed by atoms with Crippen molar-refractivity contribution in [2.45, 2.75) is 25.3 Å². The molecule has 220 valence electrons. The number of likely N-dealkylation sites (N-methyl/N-ethyl adjacent to an activating group) is 1. The van der Waals surface area contributed by atoms with Gasteiger partial charge in [0.05, 0.1) is 17.1 Å². The highest BCUT2D eigenvalue weighted by Crippen LogP contribution is 2.31. The lowest BCUT2D eigenvalue weighted by atomic mass is 9.72. The van der Waals surface area contributed by atoms with Crippen LogP contribution in [0, 0.1) is 5.82 Å². The van der Waals surface area contributed by atoms with Crippen molar-refractivity contribution < 1.29 is 53.0 Å². The fourth-order valence-electron chi connectivity index (χ4n) is 4.59.